The van der Waals surface area contributed by atoms with Crippen LogP contribution < -0.4 is 10.1 Å². The first-order chi connectivity index (χ1) is 6.81. The quantitative estimate of drug-likeness (QED) is 0.792. The lowest BCUT2D eigenvalue weighted by Crippen LogP contribution is -2.16. The van der Waals surface area contributed by atoms with Crippen LogP contribution in [0.3, 0.4) is 0 Å². The van der Waals surface area contributed by atoms with Crippen LogP contribution in [0, 0.1) is 0 Å². The molecule has 2 N–H and O–H groups in total. The summed E-state index contributed by atoms with van der Waals surface area (Å²) >= 11 is 1.68. The van der Waals surface area contributed by atoms with Crippen molar-refractivity contribution in [3.8, 4) is 5.75 Å². The number of benzene rings is 1. The number of aliphatic hydroxyl groups is 1. The summed E-state index contributed by atoms with van der Waals surface area (Å²) in [6, 6.07) is 5.86. The van der Waals surface area contributed by atoms with Gasteiger partial charge in [0.15, 0.2) is 0 Å². The molecule has 2 rings (SSSR count). The Labute approximate surface area is 87.5 Å². The molecular weight excluding hydrogens is 198 g/mol. The molecule has 1 heterocycles. The highest BCUT2D eigenvalue weighted by Crippen LogP contribution is 2.37. The van der Waals surface area contributed by atoms with Gasteiger partial charge in [-0.3, -0.25) is 0 Å². The van der Waals surface area contributed by atoms with E-state index in [0.29, 0.717) is 12.5 Å². The maximum absolute atomic E-state index is 9.73. The zero-order valence-corrected chi connectivity index (χ0v) is 8.80. The lowest BCUT2D eigenvalue weighted by atomic mass is 10.1. The van der Waals surface area contributed by atoms with E-state index in [2.05, 4.69) is 5.32 Å². The van der Waals surface area contributed by atoms with Crippen molar-refractivity contribution in [3.63, 3.8) is 0 Å². The van der Waals surface area contributed by atoms with Crippen LogP contribution in [0.2, 0.25) is 0 Å². The Kier molecular flexibility index (Phi) is 2.96. The first-order valence-corrected chi connectivity index (χ1v) is 5.52. The molecule has 1 aliphatic heterocycles. The van der Waals surface area contributed by atoms with E-state index in [1.54, 1.807) is 11.8 Å². The average Bonchev–Trinajstić information content (AvgIpc) is 2.64. The minimum atomic E-state index is -0.459. The first kappa shape index (κ1) is 9.83. The van der Waals surface area contributed by atoms with Crippen molar-refractivity contribution in [2.75, 3.05) is 19.5 Å². The molecule has 0 aliphatic carbocycles. The van der Waals surface area contributed by atoms with E-state index >= 15 is 0 Å². The molecule has 0 spiro atoms. The van der Waals surface area contributed by atoms with E-state index in [-0.39, 0.29) is 0 Å². The zero-order valence-electron chi connectivity index (χ0n) is 7.99. The number of aliphatic hydroxyl groups excluding tert-OH is 1. The highest BCUT2D eigenvalue weighted by Gasteiger charge is 2.15. The molecule has 1 aromatic carbocycles. The summed E-state index contributed by atoms with van der Waals surface area (Å²) in [6.45, 7) is 0.561. The second-order valence-electron chi connectivity index (χ2n) is 3.19. The largest absolute Gasteiger partial charge is 0.481 e. The Morgan fingerprint density at radius 1 is 1.64 bits per heavy atom. The Morgan fingerprint density at radius 3 is 3.29 bits per heavy atom. The molecule has 0 amide bonds. The zero-order chi connectivity index (χ0) is 9.97. The van der Waals surface area contributed by atoms with Gasteiger partial charge in [-0.1, -0.05) is 17.8 Å². The Bertz CT molecular complexity index is 330. The minimum absolute atomic E-state index is 0.459. The number of hydrogen-bond acceptors (Lipinski definition) is 4. The maximum Gasteiger partial charge on any atom is 0.138 e. The molecule has 1 aliphatic rings. The number of likely N-dealkylation sites (N-methyl/N-ethyl adjacent to an activating group) is 1. The second-order valence-corrected chi connectivity index (χ2v) is 4.15. The molecule has 1 aromatic rings. The van der Waals surface area contributed by atoms with Crippen LogP contribution >= 0.6 is 11.8 Å². The summed E-state index contributed by atoms with van der Waals surface area (Å²) in [5.41, 5.74) is 0.903. The van der Waals surface area contributed by atoms with Gasteiger partial charge in [-0.05, 0) is 24.7 Å². The molecule has 4 heteroatoms. The van der Waals surface area contributed by atoms with E-state index < -0.39 is 6.10 Å². The van der Waals surface area contributed by atoms with Crippen LogP contribution in [0.15, 0.2) is 23.1 Å². The Hall–Kier alpha value is -0.710. The molecule has 3 nitrogen and oxygen atoms in total. The van der Waals surface area contributed by atoms with Crippen molar-refractivity contribution < 1.29 is 9.84 Å². The summed E-state index contributed by atoms with van der Waals surface area (Å²) in [7, 11) is 1.82. The third kappa shape index (κ3) is 1.87. The molecule has 0 saturated heterocycles. The van der Waals surface area contributed by atoms with Gasteiger partial charge in [0.2, 0.25) is 0 Å². The van der Waals surface area contributed by atoms with Gasteiger partial charge >= 0.3 is 0 Å². The van der Waals surface area contributed by atoms with Crippen molar-refractivity contribution in [1.82, 2.24) is 5.32 Å². The molecule has 14 heavy (non-hydrogen) atoms. The average molecular weight is 211 g/mol. The SMILES string of the molecule is CNCC(O)c1ccc2c(c1)OCS2. The fourth-order valence-corrected chi connectivity index (χ4v) is 2.17. The van der Waals surface area contributed by atoms with E-state index in [4.69, 9.17) is 4.74 Å². The Morgan fingerprint density at radius 2 is 2.50 bits per heavy atom. The second kappa shape index (κ2) is 4.21. The van der Waals surface area contributed by atoms with E-state index in [9.17, 15) is 5.11 Å². The lowest BCUT2D eigenvalue weighted by molar-refractivity contribution is 0.177. The molecule has 0 radical (unpaired) electrons. The van der Waals surface area contributed by atoms with Crippen molar-refractivity contribution in [1.29, 1.82) is 0 Å². The topological polar surface area (TPSA) is 41.5 Å². The fourth-order valence-electron chi connectivity index (χ4n) is 1.43. The highest BCUT2D eigenvalue weighted by atomic mass is 32.2. The van der Waals surface area contributed by atoms with Crippen molar-refractivity contribution in [2.24, 2.45) is 0 Å². The van der Waals surface area contributed by atoms with Crippen LogP contribution in [-0.4, -0.2) is 24.6 Å². The summed E-state index contributed by atoms with van der Waals surface area (Å²) < 4.78 is 5.40. The van der Waals surface area contributed by atoms with Gasteiger partial charge in [0.1, 0.15) is 11.7 Å². The summed E-state index contributed by atoms with van der Waals surface area (Å²) in [5, 5.41) is 12.7. The Balaban J connectivity index is 2.19. The summed E-state index contributed by atoms with van der Waals surface area (Å²) in [6.07, 6.45) is -0.459. The van der Waals surface area contributed by atoms with Gasteiger partial charge in [-0.15, -0.1) is 0 Å². The number of ether oxygens (including phenoxy) is 1. The van der Waals surface area contributed by atoms with E-state index in [1.807, 2.05) is 25.2 Å². The third-order valence-electron chi connectivity index (χ3n) is 2.18. The highest BCUT2D eigenvalue weighted by molar-refractivity contribution is 7.99. The first-order valence-electron chi connectivity index (χ1n) is 4.53. The van der Waals surface area contributed by atoms with Crippen molar-refractivity contribution in [2.45, 2.75) is 11.0 Å². The maximum atomic E-state index is 9.73. The monoisotopic (exact) mass is 211 g/mol. The van der Waals surface area contributed by atoms with Crippen LogP contribution in [0.25, 0.3) is 0 Å². The molecule has 0 bridgehead atoms. The molecule has 1 atom stereocenters. The number of thioether (sulfide) groups is 1. The van der Waals surface area contributed by atoms with Gasteiger partial charge < -0.3 is 15.2 Å². The number of nitrogens with one attached hydrogen (secondary N) is 1. The third-order valence-corrected chi connectivity index (χ3v) is 3.06. The van der Waals surface area contributed by atoms with Gasteiger partial charge in [0, 0.05) is 6.54 Å². The van der Waals surface area contributed by atoms with Crippen LogP contribution in [-0.2, 0) is 0 Å². The van der Waals surface area contributed by atoms with E-state index in [1.165, 1.54) is 0 Å². The van der Waals surface area contributed by atoms with Gasteiger partial charge in [-0.2, -0.15) is 0 Å². The van der Waals surface area contributed by atoms with Crippen LogP contribution in [0.5, 0.6) is 5.75 Å². The standard InChI is InChI=1S/C10H13NO2S/c1-11-5-8(12)7-2-3-10-9(4-7)13-6-14-10/h2-4,8,11-12H,5-6H2,1H3. The number of fused-ring (bicyclic) bond motifs is 1. The number of hydrogen-bond donors (Lipinski definition) is 2. The van der Waals surface area contributed by atoms with Gasteiger partial charge in [0.05, 0.1) is 11.0 Å². The normalized spacial score (nSPS) is 16.1. The minimum Gasteiger partial charge on any atom is -0.481 e. The fraction of sp³-hybridized carbons (Fsp3) is 0.400. The molecule has 0 aromatic heterocycles. The smallest absolute Gasteiger partial charge is 0.138 e. The molecular formula is C10H13NO2S. The molecule has 0 fully saturated rings. The predicted molar refractivity (Wildman–Crippen MR) is 56.7 cm³/mol. The predicted octanol–water partition coefficient (Wildman–Crippen LogP) is 1.38. The molecule has 0 saturated carbocycles. The van der Waals surface area contributed by atoms with Gasteiger partial charge in [0.25, 0.3) is 0 Å². The lowest BCUT2D eigenvalue weighted by Gasteiger charge is -2.10. The van der Waals surface area contributed by atoms with Crippen LogP contribution in [0.1, 0.15) is 11.7 Å². The molecule has 76 valence electrons. The van der Waals surface area contributed by atoms with Crippen LogP contribution in [0.4, 0.5) is 0 Å². The summed E-state index contributed by atoms with van der Waals surface area (Å²) in [5.74, 6) is 1.57. The van der Waals surface area contributed by atoms with Crippen molar-refractivity contribution >= 4 is 11.8 Å². The van der Waals surface area contributed by atoms with Gasteiger partial charge in [-0.25, -0.2) is 0 Å². The number of rotatable bonds is 3. The summed E-state index contributed by atoms with van der Waals surface area (Å²) in [4.78, 5) is 1.16. The van der Waals surface area contributed by atoms with Crippen molar-refractivity contribution in [3.05, 3.63) is 23.8 Å². The van der Waals surface area contributed by atoms with E-state index in [0.717, 1.165) is 16.2 Å². The molecule has 1 unspecified atom stereocenters.